The summed E-state index contributed by atoms with van der Waals surface area (Å²) < 4.78 is 19.1. The van der Waals surface area contributed by atoms with Gasteiger partial charge in [-0.2, -0.15) is 4.98 Å². The summed E-state index contributed by atoms with van der Waals surface area (Å²) in [6, 6.07) is 7.03. The second-order valence-electron chi connectivity index (χ2n) is 7.25. The van der Waals surface area contributed by atoms with Crippen molar-refractivity contribution in [2.24, 2.45) is 7.05 Å². The number of aliphatic hydroxyl groups excluding tert-OH is 1. The second kappa shape index (κ2) is 8.82. The van der Waals surface area contributed by atoms with Crippen LogP contribution in [0.1, 0.15) is 0 Å². The standard InChI is InChI=1S/C20H25N5O6/c1-23-17-16(18(27)22-20(23)28)25(19(21-17)24-7-9-30-10-8-24)11-13(26)12-31-15-5-3-14(29-2)4-6-15/h3-6,13,26H,7-12H2,1-2H3,(H,22,27,28). The summed E-state index contributed by atoms with van der Waals surface area (Å²) in [6.45, 7) is 2.32. The van der Waals surface area contributed by atoms with E-state index in [1.54, 1.807) is 43.0 Å². The number of H-pyrrole nitrogens is 1. The molecule has 0 radical (unpaired) electrons. The maximum absolute atomic E-state index is 12.6. The van der Waals surface area contributed by atoms with Crippen LogP contribution in [-0.2, 0) is 18.3 Å². The Bertz CT molecular complexity index is 1160. The number of nitrogens with one attached hydrogen (secondary N) is 1. The number of rotatable bonds is 7. The number of fused-ring (bicyclic) bond motifs is 1. The molecular weight excluding hydrogens is 406 g/mol. The van der Waals surface area contributed by atoms with Crippen LogP contribution in [0.3, 0.4) is 0 Å². The van der Waals surface area contributed by atoms with Crippen LogP contribution < -0.4 is 25.6 Å². The number of hydrogen-bond donors (Lipinski definition) is 2. The molecule has 0 spiro atoms. The summed E-state index contributed by atoms with van der Waals surface area (Å²) in [6.07, 6.45) is -0.920. The smallest absolute Gasteiger partial charge is 0.329 e. The molecule has 11 heteroatoms. The lowest BCUT2D eigenvalue weighted by atomic mass is 10.3. The minimum absolute atomic E-state index is 0.0121. The normalized spacial score (nSPS) is 15.3. The quantitative estimate of drug-likeness (QED) is 0.523. The topological polar surface area (TPSA) is 124 Å². The van der Waals surface area contributed by atoms with E-state index in [4.69, 9.17) is 14.2 Å². The summed E-state index contributed by atoms with van der Waals surface area (Å²) in [4.78, 5) is 33.5. The monoisotopic (exact) mass is 431 g/mol. The number of aliphatic hydroxyl groups is 1. The highest BCUT2D eigenvalue weighted by molar-refractivity contribution is 5.74. The van der Waals surface area contributed by atoms with Crippen LogP contribution in [0.25, 0.3) is 11.2 Å². The maximum Gasteiger partial charge on any atom is 0.329 e. The van der Waals surface area contributed by atoms with Crippen LogP contribution in [0.2, 0.25) is 0 Å². The predicted octanol–water partition coefficient (Wildman–Crippen LogP) is -0.292. The van der Waals surface area contributed by atoms with Gasteiger partial charge in [0, 0.05) is 20.1 Å². The van der Waals surface area contributed by atoms with Gasteiger partial charge >= 0.3 is 5.69 Å². The average molecular weight is 431 g/mol. The Kier molecular flexibility index (Phi) is 5.96. The molecule has 2 N–H and O–H groups in total. The van der Waals surface area contributed by atoms with Gasteiger partial charge in [-0.05, 0) is 24.3 Å². The Labute approximate surface area is 177 Å². The zero-order chi connectivity index (χ0) is 22.0. The van der Waals surface area contributed by atoms with Crippen LogP contribution in [-0.4, -0.2) is 70.3 Å². The number of nitrogens with zero attached hydrogens (tertiary/aromatic N) is 4. The van der Waals surface area contributed by atoms with Gasteiger partial charge in [0.05, 0.1) is 26.9 Å². The van der Waals surface area contributed by atoms with Crippen molar-refractivity contribution in [2.75, 3.05) is 44.9 Å². The van der Waals surface area contributed by atoms with E-state index in [2.05, 4.69) is 9.97 Å². The second-order valence-corrected chi connectivity index (χ2v) is 7.25. The van der Waals surface area contributed by atoms with E-state index in [1.165, 1.54) is 4.57 Å². The lowest BCUT2D eigenvalue weighted by Gasteiger charge is -2.28. The Hall–Kier alpha value is -3.31. The Morgan fingerprint density at radius 1 is 1.19 bits per heavy atom. The zero-order valence-corrected chi connectivity index (χ0v) is 17.4. The van der Waals surface area contributed by atoms with Crippen molar-refractivity contribution >= 4 is 17.1 Å². The molecule has 11 nitrogen and oxygen atoms in total. The van der Waals surface area contributed by atoms with Crippen molar-refractivity contribution in [1.29, 1.82) is 0 Å². The fourth-order valence-corrected chi connectivity index (χ4v) is 3.53. The number of methoxy groups -OCH3 is 1. The number of morpholine rings is 1. The van der Waals surface area contributed by atoms with Crippen molar-refractivity contribution in [3.63, 3.8) is 0 Å². The van der Waals surface area contributed by atoms with E-state index in [-0.39, 0.29) is 24.3 Å². The molecule has 0 amide bonds. The largest absolute Gasteiger partial charge is 0.497 e. The fourth-order valence-electron chi connectivity index (χ4n) is 3.53. The van der Waals surface area contributed by atoms with Crippen LogP contribution >= 0.6 is 0 Å². The van der Waals surface area contributed by atoms with E-state index in [1.807, 2.05) is 4.90 Å². The summed E-state index contributed by atoms with van der Waals surface area (Å²) in [5.74, 6) is 1.80. The van der Waals surface area contributed by atoms with Crippen molar-refractivity contribution < 1.29 is 19.3 Å². The third kappa shape index (κ3) is 4.28. The van der Waals surface area contributed by atoms with E-state index in [9.17, 15) is 14.7 Å². The molecule has 0 saturated carbocycles. The number of aromatic nitrogens is 4. The van der Waals surface area contributed by atoms with Crippen LogP contribution in [0.4, 0.5) is 5.95 Å². The molecule has 1 unspecified atom stereocenters. The van der Waals surface area contributed by atoms with Gasteiger partial charge in [0.1, 0.15) is 24.2 Å². The van der Waals surface area contributed by atoms with Gasteiger partial charge in [0.2, 0.25) is 5.95 Å². The number of benzene rings is 1. The highest BCUT2D eigenvalue weighted by Crippen LogP contribution is 2.22. The maximum atomic E-state index is 12.6. The molecule has 0 bridgehead atoms. The molecular formula is C20H25N5O6. The van der Waals surface area contributed by atoms with E-state index >= 15 is 0 Å². The lowest BCUT2D eigenvalue weighted by molar-refractivity contribution is 0.0927. The van der Waals surface area contributed by atoms with Crippen LogP contribution in [0, 0.1) is 0 Å². The molecule has 2 aromatic heterocycles. The zero-order valence-electron chi connectivity index (χ0n) is 17.4. The van der Waals surface area contributed by atoms with E-state index < -0.39 is 17.4 Å². The fraction of sp³-hybridized carbons (Fsp3) is 0.450. The predicted molar refractivity (Wildman–Crippen MR) is 113 cm³/mol. The van der Waals surface area contributed by atoms with Crippen LogP contribution in [0.5, 0.6) is 11.5 Å². The van der Waals surface area contributed by atoms with Gasteiger partial charge in [-0.15, -0.1) is 0 Å². The number of ether oxygens (including phenoxy) is 3. The SMILES string of the molecule is COc1ccc(OCC(O)Cn2c(N3CCOCC3)nc3c2c(=O)[nH]c(=O)n3C)cc1. The Balaban J connectivity index is 1.62. The minimum atomic E-state index is -0.920. The molecule has 3 aromatic rings. The number of anilines is 1. The van der Waals surface area contributed by atoms with Gasteiger partial charge in [-0.1, -0.05) is 0 Å². The molecule has 0 aliphatic carbocycles. The molecule has 1 aliphatic heterocycles. The molecule has 1 atom stereocenters. The Morgan fingerprint density at radius 2 is 1.87 bits per heavy atom. The third-order valence-corrected chi connectivity index (χ3v) is 5.18. The number of imidazole rings is 1. The van der Waals surface area contributed by atoms with Gasteiger partial charge in [0.15, 0.2) is 11.2 Å². The molecule has 31 heavy (non-hydrogen) atoms. The van der Waals surface area contributed by atoms with Crippen molar-refractivity contribution in [2.45, 2.75) is 12.6 Å². The number of hydrogen-bond acceptors (Lipinski definition) is 8. The Morgan fingerprint density at radius 3 is 2.55 bits per heavy atom. The van der Waals surface area contributed by atoms with E-state index in [0.29, 0.717) is 43.8 Å². The molecule has 4 rings (SSSR count). The summed E-state index contributed by atoms with van der Waals surface area (Å²) in [5, 5.41) is 10.7. The first kappa shape index (κ1) is 20.9. The minimum Gasteiger partial charge on any atom is -0.497 e. The molecule has 1 aliphatic rings. The number of aromatic amines is 1. The first-order valence-corrected chi connectivity index (χ1v) is 9.95. The summed E-state index contributed by atoms with van der Waals surface area (Å²) in [7, 11) is 3.13. The van der Waals surface area contributed by atoms with E-state index in [0.717, 1.165) is 0 Å². The van der Waals surface area contributed by atoms with Gasteiger partial charge in [-0.25, -0.2) is 4.79 Å². The highest BCUT2D eigenvalue weighted by Gasteiger charge is 2.24. The van der Waals surface area contributed by atoms with Gasteiger partial charge in [-0.3, -0.25) is 14.3 Å². The molecule has 3 heterocycles. The van der Waals surface area contributed by atoms with Gasteiger partial charge < -0.3 is 28.8 Å². The molecule has 1 aromatic carbocycles. The first-order chi connectivity index (χ1) is 15.0. The molecule has 1 saturated heterocycles. The number of aryl methyl sites for hydroxylation is 1. The highest BCUT2D eigenvalue weighted by atomic mass is 16.5. The van der Waals surface area contributed by atoms with Gasteiger partial charge in [0.25, 0.3) is 5.56 Å². The van der Waals surface area contributed by atoms with Crippen LogP contribution in [0.15, 0.2) is 33.9 Å². The lowest BCUT2D eigenvalue weighted by Crippen LogP contribution is -2.39. The molecule has 166 valence electrons. The van der Waals surface area contributed by atoms with Crippen molar-refractivity contribution in [1.82, 2.24) is 19.1 Å². The average Bonchev–Trinajstić information content (AvgIpc) is 3.17. The van der Waals surface area contributed by atoms with Crippen molar-refractivity contribution in [3.8, 4) is 11.5 Å². The third-order valence-electron chi connectivity index (χ3n) is 5.18. The van der Waals surface area contributed by atoms with Crippen molar-refractivity contribution in [3.05, 3.63) is 45.1 Å². The first-order valence-electron chi connectivity index (χ1n) is 9.95. The molecule has 1 fully saturated rings. The summed E-state index contributed by atoms with van der Waals surface area (Å²) in [5.41, 5.74) is -0.599. The summed E-state index contributed by atoms with van der Waals surface area (Å²) >= 11 is 0.